The standard InChI is InChI=1S/C24H25FN4O4/c1-33-13-14-9-28(10-14)11-16-6-7-26-22(21(16)25)15-2-3-18-17(8-15)12-29(24(18)32)19-4-5-20(30)27-23(19)31/h2-3,6-8,14,19H,4-5,9-13H2,1H3,(H,27,30,31). The van der Waals surface area contributed by atoms with Crippen LogP contribution in [0.5, 0.6) is 0 Å². The maximum absolute atomic E-state index is 15.3. The molecule has 1 N–H and O–H groups in total. The van der Waals surface area contributed by atoms with E-state index in [0.717, 1.165) is 18.7 Å². The number of fused-ring (bicyclic) bond motifs is 1. The topological polar surface area (TPSA) is 91.8 Å². The second-order valence-electron chi connectivity index (χ2n) is 8.92. The van der Waals surface area contributed by atoms with Crippen molar-refractivity contribution in [2.75, 3.05) is 26.8 Å². The van der Waals surface area contributed by atoms with E-state index in [4.69, 9.17) is 4.74 Å². The minimum atomic E-state index is -0.678. The fraction of sp³-hybridized carbons (Fsp3) is 0.417. The van der Waals surface area contributed by atoms with Crippen LogP contribution >= 0.6 is 0 Å². The van der Waals surface area contributed by atoms with Gasteiger partial charge in [0.1, 0.15) is 11.7 Å². The molecule has 1 unspecified atom stereocenters. The van der Waals surface area contributed by atoms with Crippen LogP contribution in [0.4, 0.5) is 4.39 Å². The lowest BCUT2D eigenvalue weighted by molar-refractivity contribution is -0.136. The smallest absolute Gasteiger partial charge is 0.255 e. The number of nitrogens with zero attached hydrogens (tertiary/aromatic N) is 3. The van der Waals surface area contributed by atoms with Crippen molar-refractivity contribution in [1.82, 2.24) is 20.1 Å². The molecular formula is C24H25FN4O4. The third kappa shape index (κ3) is 4.02. The molecule has 0 aliphatic carbocycles. The number of benzene rings is 1. The lowest BCUT2D eigenvalue weighted by atomic mass is 9.99. The first-order valence-corrected chi connectivity index (χ1v) is 11.1. The average Bonchev–Trinajstić information content (AvgIpc) is 3.09. The first-order chi connectivity index (χ1) is 15.9. The van der Waals surface area contributed by atoms with Gasteiger partial charge in [-0.05, 0) is 30.2 Å². The van der Waals surface area contributed by atoms with Gasteiger partial charge in [0.25, 0.3) is 5.91 Å². The Labute approximate surface area is 190 Å². The average molecular weight is 452 g/mol. The first-order valence-electron chi connectivity index (χ1n) is 11.1. The van der Waals surface area contributed by atoms with Crippen molar-refractivity contribution >= 4 is 17.7 Å². The highest BCUT2D eigenvalue weighted by atomic mass is 19.1. The molecule has 3 aliphatic heterocycles. The normalized spacial score (nSPS) is 21.2. The van der Waals surface area contributed by atoms with Gasteiger partial charge in [-0.25, -0.2) is 4.39 Å². The maximum Gasteiger partial charge on any atom is 0.255 e. The molecule has 1 atom stereocenters. The van der Waals surface area contributed by atoms with Gasteiger partial charge < -0.3 is 9.64 Å². The molecule has 0 bridgehead atoms. The molecule has 0 radical (unpaired) electrons. The predicted octanol–water partition coefficient (Wildman–Crippen LogP) is 1.73. The van der Waals surface area contributed by atoms with Gasteiger partial charge >= 0.3 is 0 Å². The molecule has 5 rings (SSSR count). The summed E-state index contributed by atoms with van der Waals surface area (Å²) in [6, 6.07) is 6.15. The number of hydrogen-bond acceptors (Lipinski definition) is 6. The summed E-state index contributed by atoms with van der Waals surface area (Å²) in [7, 11) is 1.69. The summed E-state index contributed by atoms with van der Waals surface area (Å²) in [6.45, 7) is 3.22. The predicted molar refractivity (Wildman–Crippen MR) is 116 cm³/mol. The SMILES string of the molecule is COCC1CN(Cc2ccnc(-c3ccc4c(c3)CN(C3CCC(=O)NC3=O)C4=O)c2F)C1. The lowest BCUT2D eigenvalue weighted by Crippen LogP contribution is -2.52. The van der Waals surface area contributed by atoms with Crippen LogP contribution in [-0.2, 0) is 27.4 Å². The summed E-state index contributed by atoms with van der Waals surface area (Å²) in [5.74, 6) is -0.903. The molecule has 3 aliphatic rings. The van der Waals surface area contributed by atoms with E-state index in [1.807, 2.05) is 0 Å². The number of nitrogens with one attached hydrogen (secondary N) is 1. The Hall–Kier alpha value is -3.17. The molecule has 33 heavy (non-hydrogen) atoms. The highest BCUT2D eigenvalue weighted by Gasteiger charge is 2.39. The Kier molecular flexibility index (Phi) is 5.67. The number of piperidine rings is 1. The molecular weight excluding hydrogens is 427 g/mol. The van der Waals surface area contributed by atoms with Crippen molar-refractivity contribution in [3.63, 3.8) is 0 Å². The Morgan fingerprint density at radius 2 is 2.03 bits per heavy atom. The second kappa shape index (κ2) is 8.64. The molecule has 2 fully saturated rings. The number of methoxy groups -OCH3 is 1. The van der Waals surface area contributed by atoms with Crippen LogP contribution in [0.15, 0.2) is 30.5 Å². The number of hydrogen-bond donors (Lipinski definition) is 1. The molecule has 4 heterocycles. The summed E-state index contributed by atoms with van der Waals surface area (Å²) < 4.78 is 20.5. The Bertz CT molecular complexity index is 1130. The Morgan fingerprint density at radius 3 is 2.79 bits per heavy atom. The van der Waals surface area contributed by atoms with Crippen molar-refractivity contribution in [3.8, 4) is 11.3 Å². The van der Waals surface area contributed by atoms with E-state index in [2.05, 4.69) is 15.2 Å². The van der Waals surface area contributed by atoms with Crippen molar-refractivity contribution in [2.45, 2.75) is 32.0 Å². The van der Waals surface area contributed by atoms with Crippen LogP contribution in [0.1, 0.15) is 34.3 Å². The quantitative estimate of drug-likeness (QED) is 0.672. The zero-order valence-electron chi connectivity index (χ0n) is 18.3. The number of ether oxygens (including phenoxy) is 1. The van der Waals surface area contributed by atoms with E-state index < -0.39 is 11.9 Å². The lowest BCUT2D eigenvalue weighted by Gasteiger charge is -2.39. The van der Waals surface area contributed by atoms with E-state index in [9.17, 15) is 14.4 Å². The number of imide groups is 1. The summed E-state index contributed by atoms with van der Waals surface area (Å²) in [5, 5.41) is 2.30. The molecule has 9 heteroatoms. The Morgan fingerprint density at radius 1 is 1.21 bits per heavy atom. The van der Waals surface area contributed by atoms with E-state index in [-0.39, 0.29) is 36.3 Å². The fourth-order valence-electron chi connectivity index (χ4n) is 4.92. The molecule has 3 amide bonds. The number of aromatic nitrogens is 1. The monoisotopic (exact) mass is 452 g/mol. The number of amides is 3. The van der Waals surface area contributed by atoms with Crippen LogP contribution in [0, 0.1) is 11.7 Å². The van der Waals surface area contributed by atoms with E-state index in [1.54, 1.807) is 37.6 Å². The minimum absolute atomic E-state index is 0.201. The zero-order valence-corrected chi connectivity index (χ0v) is 18.3. The number of rotatable bonds is 6. The number of pyridine rings is 1. The van der Waals surface area contributed by atoms with Crippen molar-refractivity contribution in [3.05, 3.63) is 53.0 Å². The zero-order chi connectivity index (χ0) is 23.1. The molecule has 172 valence electrons. The maximum atomic E-state index is 15.3. The van der Waals surface area contributed by atoms with Gasteiger partial charge in [-0.1, -0.05) is 6.07 Å². The molecule has 2 saturated heterocycles. The number of halogens is 1. The summed E-state index contributed by atoms with van der Waals surface area (Å²) >= 11 is 0. The van der Waals surface area contributed by atoms with Gasteiger partial charge in [-0.3, -0.25) is 29.6 Å². The molecule has 2 aromatic rings. The second-order valence-corrected chi connectivity index (χ2v) is 8.92. The van der Waals surface area contributed by atoms with Crippen LogP contribution in [0.3, 0.4) is 0 Å². The number of likely N-dealkylation sites (tertiary alicyclic amines) is 1. The number of carbonyl (C=O) groups excluding carboxylic acids is 3. The highest BCUT2D eigenvalue weighted by Crippen LogP contribution is 2.32. The van der Waals surface area contributed by atoms with Gasteiger partial charge in [0.15, 0.2) is 5.82 Å². The number of carbonyl (C=O) groups is 3. The minimum Gasteiger partial charge on any atom is -0.384 e. The summed E-state index contributed by atoms with van der Waals surface area (Å²) in [6.07, 6.45) is 2.11. The van der Waals surface area contributed by atoms with Crippen molar-refractivity contribution in [2.24, 2.45) is 5.92 Å². The van der Waals surface area contributed by atoms with Gasteiger partial charge in [0, 0.05) is 68.5 Å². The van der Waals surface area contributed by atoms with E-state index >= 15 is 4.39 Å². The third-order valence-electron chi connectivity index (χ3n) is 6.60. The van der Waals surface area contributed by atoms with Gasteiger partial charge in [-0.2, -0.15) is 0 Å². The van der Waals surface area contributed by atoms with Crippen LogP contribution in [0.25, 0.3) is 11.3 Å². The summed E-state index contributed by atoms with van der Waals surface area (Å²) in [4.78, 5) is 44.5. The largest absolute Gasteiger partial charge is 0.384 e. The van der Waals surface area contributed by atoms with Crippen LogP contribution in [-0.4, -0.2) is 65.4 Å². The van der Waals surface area contributed by atoms with Crippen molar-refractivity contribution in [1.29, 1.82) is 0 Å². The van der Waals surface area contributed by atoms with E-state index in [1.165, 1.54) is 4.90 Å². The van der Waals surface area contributed by atoms with Gasteiger partial charge in [0.05, 0.1) is 6.61 Å². The molecule has 1 aromatic carbocycles. The first kappa shape index (κ1) is 21.7. The highest BCUT2D eigenvalue weighted by molar-refractivity contribution is 6.05. The van der Waals surface area contributed by atoms with Gasteiger partial charge in [0.2, 0.25) is 11.8 Å². The van der Waals surface area contributed by atoms with Crippen molar-refractivity contribution < 1.29 is 23.5 Å². The van der Waals surface area contributed by atoms with E-state index in [0.29, 0.717) is 42.2 Å². The third-order valence-corrected chi connectivity index (χ3v) is 6.60. The Balaban J connectivity index is 1.34. The molecule has 8 nitrogen and oxygen atoms in total. The molecule has 1 aromatic heterocycles. The molecule has 0 saturated carbocycles. The summed E-state index contributed by atoms with van der Waals surface area (Å²) in [5.41, 5.74) is 2.63. The van der Waals surface area contributed by atoms with Crippen LogP contribution in [0.2, 0.25) is 0 Å². The molecule has 0 spiro atoms. The fourth-order valence-corrected chi connectivity index (χ4v) is 4.92. The van der Waals surface area contributed by atoms with Crippen LogP contribution < -0.4 is 5.32 Å². The van der Waals surface area contributed by atoms with Gasteiger partial charge in [-0.15, -0.1) is 0 Å².